The maximum atomic E-state index is 5.81. The summed E-state index contributed by atoms with van der Waals surface area (Å²) in [5.74, 6) is 0. The average Bonchev–Trinajstić information content (AvgIpc) is 2.52. The lowest BCUT2D eigenvalue weighted by molar-refractivity contribution is -0.126. The molecule has 1 unspecified atom stereocenters. The van der Waals surface area contributed by atoms with Gasteiger partial charge in [0.05, 0.1) is 39.6 Å². The maximum Gasteiger partial charge on any atom is 0.134 e. The van der Waals surface area contributed by atoms with Crippen LogP contribution < -0.4 is 0 Å². The van der Waals surface area contributed by atoms with E-state index in [9.17, 15) is 0 Å². The minimum atomic E-state index is 0.0635. The van der Waals surface area contributed by atoms with Crippen molar-refractivity contribution in [2.75, 3.05) is 79.0 Å². The van der Waals surface area contributed by atoms with E-state index in [-0.39, 0.29) is 6.23 Å². The molecule has 0 amide bonds. The van der Waals surface area contributed by atoms with Crippen LogP contribution in [0.15, 0.2) is 0 Å². The lowest BCUT2D eigenvalue weighted by Crippen LogP contribution is -2.47. The summed E-state index contributed by atoms with van der Waals surface area (Å²) in [4.78, 5) is 4.69. The molecule has 0 bridgehead atoms. The molecule has 118 valence electrons. The molecule has 0 aromatic heterocycles. The summed E-state index contributed by atoms with van der Waals surface area (Å²) in [7, 11) is 0. The minimum Gasteiger partial charge on any atom is -0.379 e. The predicted octanol–water partition coefficient (Wildman–Crippen LogP) is 0.0300. The van der Waals surface area contributed by atoms with Crippen molar-refractivity contribution in [3.8, 4) is 0 Å². The van der Waals surface area contributed by atoms with Gasteiger partial charge < -0.3 is 18.9 Å². The van der Waals surface area contributed by atoms with Gasteiger partial charge in [0.2, 0.25) is 0 Å². The number of rotatable bonds is 8. The van der Waals surface area contributed by atoms with Crippen molar-refractivity contribution in [1.82, 2.24) is 9.80 Å². The van der Waals surface area contributed by atoms with E-state index in [2.05, 4.69) is 9.80 Å². The van der Waals surface area contributed by atoms with Gasteiger partial charge in [-0.2, -0.15) is 0 Å². The van der Waals surface area contributed by atoms with Gasteiger partial charge in [0.15, 0.2) is 0 Å². The first-order chi connectivity index (χ1) is 9.90. The lowest BCUT2D eigenvalue weighted by atomic mass is 10.4. The summed E-state index contributed by atoms with van der Waals surface area (Å²) in [5.41, 5.74) is 0. The van der Waals surface area contributed by atoms with Crippen molar-refractivity contribution in [3.05, 3.63) is 0 Å². The molecule has 2 fully saturated rings. The molecule has 0 N–H and O–H groups in total. The highest BCUT2D eigenvalue weighted by molar-refractivity contribution is 4.67. The van der Waals surface area contributed by atoms with E-state index in [0.29, 0.717) is 6.61 Å². The monoisotopic (exact) mass is 288 g/mol. The third kappa shape index (κ3) is 5.63. The van der Waals surface area contributed by atoms with Crippen molar-refractivity contribution in [2.45, 2.75) is 13.2 Å². The topological polar surface area (TPSA) is 43.4 Å². The smallest absolute Gasteiger partial charge is 0.134 e. The Labute approximate surface area is 121 Å². The van der Waals surface area contributed by atoms with Crippen LogP contribution in [0.3, 0.4) is 0 Å². The van der Waals surface area contributed by atoms with Crippen LogP contribution in [-0.2, 0) is 18.9 Å². The molecule has 20 heavy (non-hydrogen) atoms. The summed E-state index contributed by atoms with van der Waals surface area (Å²) in [6.07, 6.45) is 0.0635. The zero-order valence-corrected chi connectivity index (χ0v) is 12.6. The summed E-state index contributed by atoms with van der Waals surface area (Å²) < 4.78 is 22.3. The summed E-state index contributed by atoms with van der Waals surface area (Å²) in [5, 5.41) is 0. The first-order valence-corrected chi connectivity index (χ1v) is 7.71. The Morgan fingerprint density at radius 2 is 1.65 bits per heavy atom. The molecule has 2 rings (SSSR count). The van der Waals surface area contributed by atoms with Gasteiger partial charge in [-0.3, -0.25) is 9.80 Å². The van der Waals surface area contributed by atoms with Gasteiger partial charge in [-0.05, 0) is 6.92 Å². The lowest BCUT2D eigenvalue weighted by Gasteiger charge is -2.34. The highest BCUT2D eigenvalue weighted by Crippen LogP contribution is 2.06. The Morgan fingerprint density at radius 1 is 1.00 bits per heavy atom. The van der Waals surface area contributed by atoms with Crippen LogP contribution in [0, 0.1) is 0 Å². The van der Waals surface area contributed by atoms with Gasteiger partial charge in [-0.15, -0.1) is 0 Å². The first-order valence-electron chi connectivity index (χ1n) is 7.71. The molecule has 6 nitrogen and oxygen atoms in total. The molecule has 0 aromatic rings. The molecule has 2 aliphatic heterocycles. The van der Waals surface area contributed by atoms with E-state index in [0.717, 1.165) is 72.4 Å². The molecule has 0 saturated carbocycles. The number of hydrogen-bond donors (Lipinski definition) is 0. The van der Waals surface area contributed by atoms with Crippen LogP contribution in [0.2, 0.25) is 0 Å². The molecule has 2 heterocycles. The number of morpholine rings is 2. The van der Waals surface area contributed by atoms with Gasteiger partial charge >= 0.3 is 0 Å². The SMILES string of the molecule is CCOC(COCCN1CCOCC1)N1CCOCC1. The zero-order chi connectivity index (χ0) is 14.0. The zero-order valence-electron chi connectivity index (χ0n) is 12.6. The van der Waals surface area contributed by atoms with Crippen molar-refractivity contribution in [2.24, 2.45) is 0 Å². The molecule has 0 aromatic carbocycles. The second-order valence-corrected chi connectivity index (χ2v) is 5.09. The fourth-order valence-electron chi connectivity index (χ4n) is 2.52. The molecule has 0 aliphatic carbocycles. The van der Waals surface area contributed by atoms with E-state index >= 15 is 0 Å². The molecule has 2 aliphatic rings. The van der Waals surface area contributed by atoms with Crippen molar-refractivity contribution < 1.29 is 18.9 Å². The Balaban J connectivity index is 1.60. The van der Waals surface area contributed by atoms with E-state index in [1.807, 2.05) is 6.92 Å². The standard InChI is InChI=1S/C14H28N2O4/c1-2-20-14(16-6-11-18-12-7-16)13-19-10-5-15-3-8-17-9-4-15/h14H,2-13H2,1H3. The average molecular weight is 288 g/mol. The van der Waals surface area contributed by atoms with Gasteiger partial charge in [0.1, 0.15) is 6.23 Å². The third-order valence-corrected chi connectivity index (χ3v) is 3.73. The second-order valence-electron chi connectivity index (χ2n) is 5.09. The Bertz CT molecular complexity index is 243. The van der Waals surface area contributed by atoms with Crippen LogP contribution in [0.5, 0.6) is 0 Å². The van der Waals surface area contributed by atoms with Crippen LogP contribution in [0.25, 0.3) is 0 Å². The third-order valence-electron chi connectivity index (χ3n) is 3.73. The molecule has 0 radical (unpaired) electrons. The van der Waals surface area contributed by atoms with Gasteiger partial charge in [-0.1, -0.05) is 0 Å². The molecule has 1 atom stereocenters. The van der Waals surface area contributed by atoms with E-state index in [4.69, 9.17) is 18.9 Å². The molecule has 2 saturated heterocycles. The number of ether oxygens (including phenoxy) is 4. The van der Waals surface area contributed by atoms with E-state index < -0.39 is 0 Å². The van der Waals surface area contributed by atoms with Crippen molar-refractivity contribution >= 4 is 0 Å². The Kier molecular flexibility index (Phi) is 7.79. The summed E-state index contributed by atoms with van der Waals surface area (Å²) in [6.45, 7) is 12.3. The highest BCUT2D eigenvalue weighted by atomic mass is 16.5. The minimum absolute atomic E-state index is 0.0635. The normalized spacial score (nSPS) is 23.9. The Hall–Kier alpha value is -0.240. The summed E-state index contributed by atoms with van der Waals surface area (Å²) >= 11 is 0. The second kappa shape index (κ2) is 9.65. The van der Waals surface area contributed by atoms with Gasteiger partial charge in [-0.25, -0.2) is 0 Å². The Morgan fingerprint density at radius 3 is 2.30 bits per heavy atom. The molecular formula is C14H28N2O4. The molecule has 0 spiro atoms. The summed E-state index contributed by atoms with van der Waals surface area (Å²) in [6, 6.07) is 0. The fourth-order valence-corrected chi connectivity index (χ4v) is 2.52. The van der Waals surface area contributed by atoms with Crippen LogP contribution >= 0.6 is 0 Å². The first kappa shape index (κ1) is 16.1. The van der Waals surface area contributed by atoms with Crippen LogP contribution in [0.4, 0.5) is 0 Å². The van der Waals surface area contributed by atoms with E-state index in [1.54, 1.807) is 0 Å². The van der Waals surface area contributed by atoms with Crippen LogP contribution in [-0.4, -0.2) is 95.0 Å². The molecule has 6 heteroatoms. The number of nitrogens with zero attached hydrogens (tertiary/aromatic N) is 2. The van der Waals surface area contributed by atoms with Crippen LogP contribution in [0.1, 0.15) is 6.92 Å². The van der Waals surface area contributed by atoms with Crippen molar-refractivity contribution in [1.29, 1.82) is 0 Å². The largest absolute Gasteiger partial charge is 0.379 e. The predicted molar refractivity (Wildman–Crippen MR) is 75.9 cm³/mol. The maximum absolute atomic E-state index is 5.81. The van der Waals surface area contributed by atoms with E-state index in [1.165, 1.54) is 0 Å². The fraction of sp³-hybridized carbons (Fsp3) is 1.00. The van der Waals surface area contributed by atoms with Crippen molar-refractivity contribution in [3.63, 3.8) is 0 Å². The quantitative estimate of drug-likeness (QED) is 0.587. The number of hydrogen-bond acceptors (Lipinski definition) is 6. The molecular weight excluding hydrogens is 260 g/mol. The van der Waals surface area contributed by atoms with Gasteiger partial charge in [0, 0.05) is 39.3 Å². The van der Waals surface area contributed by atoms with Gasteiger partial charge in [0.25, 0.3) is 0 Å². The highest BCUT2D eigenvalue weighted by Gasteiger charge is 2.21.